The fourth-order valence-corrected chi connectivity index (χ4v) is 2.03. The Morgan fingerprint density at radius 1 is 1.00 bits per heavy atom. The number of rotatable bonds is 7. The second-order valence-corrected chi connectivity index (χ2v) is 5.30. The second-order valence-electron chi connectivity index (χ2n) is 5.30. The van der Waals surface area contributed by atoms with Crippen molar-refractivity contribution in [3.8, 4) is 5.75 Å². The summed E-state index contributed by atoms with van der Waals surface area (Å²) in [4.78, 5) is 34.8. The lowest BCUT2D eigenvalue weighted by Gasteiger charge is -2.09. The largest absolute Gasteiger partial charge is 0.483 e. The number of amides is 3. The predicted molar refractivity (Wildman–Crippen MR) is 101 cm³/mol. The van der Waals surface area contributed by atoms with Gasteiger partial charge in [-0.25, -0.2) is 5.43 Å². The first-order valence-corrected chi connectivity index (χ1v) is 8.28. The van der Waals surface area contributed by atoms with E-state index in [0.29, 0.717) is 23.5 Å². The molecule has 8 nitrogen and oxygen atoms in total. The maximum atomic E-state index is 12.0. The lowest BCUT2D eigenvalue weighted by atomic mass is 10.2. The summed E-state index contributed by atoms with van der Waals surface area (Å²) in [5, 5.41) is 8.81. The van der Waals surface area contributed by atoms with Gasteiger partial charge in [0.2, 0.25) is 0 Å². The highest BCUT2D eigenvalue weighted by Crippen LogP contribution is 2.16. The molecule has 0 aliphatic carbocycles. The van der Waals surface area contributed by atoms with Crippen LogP contribution in [0, 0.1) is 0 Å². The highest BCUT2D eigenvalue weighted by molar-refractivity contribution is 6.35. The van der Waals surface area contributed by atoms with E-state index in [-0.39, 0.29) is 12.5 Å². The molecule has 0 atom stereocenters. The van der Waals surface area contributed by atoms with Crippen LogP contribution in [-0.4, -0.2) is 37.1 Å². The summed E-state index contributed by atoms with van der Waals surface area (Å²) in [5.41, 5.74) is 3.34. The fourth-order valence-electron chi connectivity index (χ4n) is 2.03. The van der Waals surface area contributed by atoms with Crippen LogP contribution in [-0.2, 0) is 14.4 Å². The first kappa shape index (κ1) is 19.6. The summed E-state index contributed by atoms with van der Waals surface area (Å²) >= 11 is 0. The number of hydrazone groups is 1. The Kier molecular flexibility index (Phi) is 7.52. The molecule has 3 N–H and O–H groups in total. The Labute approximate surface area is 156 Å². The average Bonchev–Trinajstić information content (AvgIpc) is 2.68. The number of ether oxygens (including phenoxy) is 1. The van der Waals surface area contributed by atoms with E-state index in [9.17, 15) is 14.4 Å². The molecule has 0 bridgehead atoms. The molecule has 2 aromatic rings. The molecule has 0 aromatic heterocycles. The summed E-state index contributed by atoms with van der Waals surface area (Å²) < 4.78 is 5.52. The summed E-state index contributed by atoms with van der Waals surface area (Å²) in [7, 11) is 0. The molecule has 0 unspecified atom stereocenters. The van der Waals surface area contributed by atoms with Gasteiger partial charge >= 0.3 is 11.8 Å². The molecule has 2 aromatic carbocycles. The third-order valence-corrected chi connectivity index (χ3v) is 3.25. The highest BCUT2D eigenvalue weighted by atomic mass is 16.5. The minimum Gasteiger partial charge on any atom is -0.483 e. The zero-order chi connectivity index (χ0) is 19.5. The third-order valence-electron chi connectivity index (χ3n) is 3.25. The number of likely N-dealkylation sites (N-methyl/N-ethyl adjacent to an activating group) is 1. The van der Waals surface area contributed by atoms with Gasteiger partial charge in [-0.05, 0) is 31.2 Å². The third kappa shape index (κ3) is 6.62. The molecule has 0 aliphatic rings. The van der Waals surface area contributed by atoms with Crippen molar-refractivity contribution in [1.29, 1.82) is 0 Å². The number of nitrogens with one attached hydrogen (secondary N) is 3. The molecule has 27 heavy (non-hydrogen) atoms. The van der Waals surface area contributed by atoms with Gasteiger partial charge in [0.15, 0.2) is 6.61 Å². The Hall–Kier alpha value is -3.68. The van der Waals surface area contributed by atoms with E-state index < -0.39 is 11.8 Å². The van der Waals surface area contributed by atoms with Crippen LogP contribution in [0.3, 0.4) is 0 Å². The summed E-state index contributed by atoms with van der Waals surface area (Å²) in [5.74, 6) is -1.53. The molecule has 3 amide bonds. The molecule has 0 saturated carbocycles. The fraction of sp³-hybridized carbons (Fsp3) is 0.158. The topological polar surface area (TPSA) is 109 Å². The summed E-state index contributed by atoms with van der Waals surface area (Å²) in [6.07, 6.45) is 1.33. The predicted octanol–water partition coefficient (Wildman–Crippen LogP) is 1.29. The average molecular weight is 368 g/mol. The van der Waals surface area contributed by atoms with Gasteiger partial charge in [-0.15, -0.1) is 0 Å². The monoisotopic (exact) mass is 368 g/mol. The molecule has 140 valence electrons. The Morgan fingerprint density at radius 3 is 2.44 bits per heavy atom. The van der Waals surface area contributed by atoms with E-state index in [1.807, 2.05) is 18.2 Å². The lowest BCUT2D eigenvalue weighted by Crippen LogP contribution is -2.37. The van der Waals surface area contributed by atoms with Crippen LogP contribution in [0.2, 0.25) is 0 Å². The number of para-hydroxylation sites is 2. The van der Waals surface area contributed by atoms with Gasteiger partial charge < -0.3 is 15.4 Å². The number of nitrogens with zero attached hydrogens (tertiary/aromatic N) is 1. The Balaban J connectivity index is 1.91. The van der Waals surface area contributed by atoms with Crippen molar-refractivity contribution in [3.63, 3.8) is 0 Å². The minimum absolute atomic E-state index is 0.189. The molecule has 0 aliphatic heterocycles. The van der Waals surface area contributed by atoms with Crippen molar-refractivity contribution in [2.24, 2.45) is 5.10 Å². The minimum atomic E-state index is -0.867. The first-order chi connectivity index (χ1) is 13.1. The molecule has 0 radical (unpaired) electrons. The molecule has 0 spiro atoms. The molecule has 0 fully saturated rings. The SMILES string of the molecule is CCNC(=O)C(=O)N/N=C\c1ccccc1OCC(=O)Nc1ccccc1. The van der Waals surface area contributed by atoms with Gasteiger partial charge in [-0.1, -0.05) is 30.3 Å². The summed E-state index contributed by atoms with van der Waals surface area (Å²) in [6, 6.07) is 15.9. The quantitative estimate of drug-likeness (QED) is 0.389. The molecular formula is C19H20N4O4. The number of carbonyl (C=O) groups excluding carboxylic acids is 3. The standard InChI is InChI=1S/C19H20N4O4/c1-2-20-18(25)19(26)23-21-12-14-8-6-7-11-16(14)27-13-17(24)22-15-9-4-3-5-10-15/h3-12H,2,13H2,1H3,(H,20,25)(H,22,24)(H,23,26)/b21-12-. The number of hydrogen-bond acceptors (Lipinski definition) is 5. The van der Waals surface area contributed by atoms with Crippen LogP contribution in [0.5, 0.6) is 5.75 Å². The molecule has 2 rings (SSSR count). The molecular weight excluding hydrogens is 348 g/mol. The Bertz CT molecular complexity index is 821. The van der Waals surface area contributed by atoms with E-state index in [1.165, 1.54) is 6.21 Å². The van der Waals surface area contributed by atoms with Crippen molar-refractivity contribution in [1.82, 2.24) is 10.7 Å². The van der Waals surface area contributed by atoms with Gasteiger partial charge in [0, 0.05) is 17.8 Å². The first-order valence-electron chi connectivity index (χ1n) is 8.28. The van der Waals surface area contributed by atoms with E-state index in [2.05, 4.69) is 21.2 Å². The van der Waals surface area contributed by atoms with Crippen molar-refractivity contribution >= 4 is 29.6 Å². The van der Waals surface area contributed by atoms with Crippen molar-refractivity contribution in [2.45, 2.75) is 6.92 Å². The maximum absolute atomic E-state index is 12.0. The van der Waals surface area contributed by atoms with Crippen LogP contribution in [0.4, 0.5) is 5.69 Å². The maximum Gasteiger partial charge on any atom is 0.329 e. The van der Waals surface area contributed by atoms with E-state index >= 15 is 0 Å². The van der Waals surface area contributed by atoms with Crippen LogP contribution in [0.25, 0.3) is 0 Å². The van der Waals surface area contributed by atoms with E-state index in [0.717, 1.165) is 0 Å². The van der Waals surface area contributed by atoms with E-state index in [4.69, 9.17) is 4.74 Å². The number of benzene rings is 2. The second kappa shape index (κ2) is 10.3. The molecule has 8 heteroatoms. The van der Waals surface area contributed by atoms with Gasteiger partial charge in [0.05, 0.1) is 6.21 Å². The van der Waals surface area contributed by atoms with Gasteiger partial charge in [0.25, 0.3) is 5.91 Å². The molecule has 0 heterocycles. The summed E-state index contributed by atoms with van der Waals surface area (Å²) in [6.45, 7) is 1.86. The highest BCUT2D eigenvalue weighted by Gasteiger charge is 2.10. The van der Waals surface area contributed by atoms with Crippen LogP contribution in [0.15, 0.2) is 59.7 Å². The number of carbonyl (C=O) groups is 3. The van der Waals surface area contributed by atoms with Crippen molar-refractivity contribution in [2.75, 3.05) is 18.5 Å². The van der Waals surface area contributed by atoms with Crippen molar-refractivity contribution in [3.05, 3.63) is 60.2 Å². The smallest absolute Gasteiger partial charge is 0.329 e. The van der Waals surface area contributed by atoms with Crippen LogP contribution < -0.4 is 20.8 Å². The zero-order valence-electron chi connectivity index (χ0n) is 14.8. The van der Waals surface area contributed by atoms with Gasteiger partial charge in [-0.2, -0.15) is 5.10 Å². The molecule has 0 saturated heterocycles. The zero-order valence-corrected chi connectivity index (χ0v) is 14.8. The lowest BCUT2D eigenvalue weighted by molar-refractivity contribution is -0.139. The Morgan fingerprint density at radius 2 is 1.70 bits per heavy atom. The number of hydrogen-bond donors (Lipinski definition) is 3. The van der Waals surface area contributed by atoms with Crippen LogP contribution >= 0.6 is 0 Å². The van der Waals surface area contributed by atoms with Crippen LogP contribution in [0.1, 0.15) is 12.5 Å². The van der Waals surface area contributed by atoms with Gasteiger partial charge in [-0.3, -0.25) is 14.4 Å². The van der Waals surface area contributed by atoms with Gasteiger partial charge in [0.1, 0.15) is 5.75 Å². The van der Waals surface area contributed by atoms with Crippen molar-refractivity contribution < 1.29 is 19.1 Å². The van der Waals surface area contributed by atoms with E-state index in [1.54, 1.807) is 43.3 Å². The normalized spacial score (nSPS) is 10.3. The number of anilines is 1.